The van der Waals surface area contributed by atoms with E-state index in [9.17, 15) is 4.79 Å². The zero-order valence-electron chi connectivity index (χ0n) is 21.6. The molecule has 1 fully saturated rings. The first-order valence-electron chi connectivity index (χ1n) is 12.9. The lowest BCUT2D eigenvalue weighted by Gasteiger charge is -2.39. The highest BCUT2D eigenvalue weighted by molar-refractivity contribution is 14.1. The van der Waals surface area contributed by atoms with Crippen LogP contribution in [0.15, 0.2) is 72.8 Å². The van der Waals surface area contributed by atoms with Gasteiger partial charge in [-0.05, 0) is 107 Å². The van der Waals surface area contributed by atoms with E-state index in [2.05, 4.69) is 82.6 Å². The monoisotopic (exact) mass is 596 g/mol. The minimum atomic E-state index is 0.131. The van der Waals surface area contributed by atoms with Crippen LogP contribution < -0.4 is 4.74 Å². The summed E-state index contributed by atoms with van der Waals surface area (Å²) in [5.41, 5.74) is 4.25. The Morgan fingerprint density at radius 1 is 0.944 bits per heavy atom. The molecule has 0 bridgehead atoms. The molecule has 0 radical (unpaired) electrons. The van der Waals surface area contributed by atoms with E-state index in [-0.39, 0.29) is 11.9 Å². The highest BCUT2D eigenvalue weighted by Gasteiger charge is 2.28. The van der Waals surface area contributed by atoms with Crippen LogP contribution in [0.2, 0.25) is 0 Å². The highest BCUT2D eigenvalue weighted by atomic mass is 127. The second kappa shape index (κ2) is 12.7. The van der Waals surface area contributed by atoms with Crippen molar-refractivity contribution in [1.82, 2.24) is 9.80 Å². The number of carbonyl (C=O) groups excluding carboxylic acids is 1. The number of methoxy groups -OCH3 is 1. The van der Waals surface area contributed by atoms with Gasteiger partial charge in [-0.15, -0.1) is 0 Å². The summed E-state index contributed by atoms with van der Waals surface area (Å²) in [5.74, 6) is 1.71. The van der Waals surface area contributed by atoms with Crippen LogP contribution in [0.4, 0.5) is 0 Å². The lowest BCUT2D eigenvalue weighted by Crippen LogP contribution is -2.47. The second-order valence-electron chi connectivity index (χ2n) is 10.1. The molecular weight excluding hydrogens is 559 g/mol. The Balaban J connectivity index is 1.49. The van der Waals surface area contributed by atoms with Gasteiger partial charge in [-0.1, -0.05) is 50.2 Å². The summed E-state index contributed by atoms with van der Waals surface area (Å²) in [5, 5.41) is 0. The Kier molecular flexibility index (Phi) is 9.43. The molecule has 1 saturated heterocycles. The standard InChI is InChI=1S/C31H37IN2O2/c1-23(2)16-19-33-20-17-29(18-21-33)34(31(35)27-8-12-28(32)13-9-27)22-24-4-6-25(7-5-24)26-10-14-30(36-3)15-11-26/h4-15,23,29H,16-22H2,1-3H3. The van der Waals surface area contributed by atoms with Gasteiger partial charge in [-0.3, -0.25) is 4.79 Å². The van der Waals surface area contributed by atoms with E-state index in [0.717, 1.165) is 70.0 Å². The van der Waals surface area contributed by atoms with Crippen LogP contribution in [0.3, 0.4) is 0 Å². The van der Waals surface area contributed by atoms with Gasteiger partial charge in [0.05, 0.1) is 7.11 Å². The third kappa shape index (κ3) is 7.10. The number of hydrogen-bond donors (Lipinski definition) is 0. The molecule has 0 atom stereocenters. The number of amides is 1. The molecule has 4 rings (SSSR count). The molecule has 4 nitrogen and oxygen atoms in total. The van der Waals surface area contributed by atoms with Crippen LogP contribution in [0, 0.1) is 9.49 Å². The number of rotatable bonds is 9. The summed E-state index contributed by atoms with van der Waals surface area (Å²) >= 11 is 2.29. The number of ether oxygens (including phenoxy) is 1. The topological polar surface area (TPSA) is 32.8 Å². The summed E-state index contributed by atoms with van der Waals surface area (Å²) in [6.07, 6.45) is 3.28. The Morgan fingerprint density at radius 3 is 2.08 bits per heavy atom. The first-order chi connectivity index (χ1) is 17.4. The smallest absolute Gasteiger partial charge is 0.254 e. The van der Waals surface area contributed by atoms with Crippen molar-refractivity contribution in [2.45, 2.75) is 45.7 Å². The molecule has 0 saturated carbocycles. The maximum absolute atomic E-state index is 13.7. The Bertz CT molecular complexity index is 1100. The number of hydrogen-bond acceptors (Lipinski definition) is 3. The molecule has 1 aliphatic heterocycles. The second-order valence-corrected chi connectivity index (χ2v) is 11.4. The third-order valence-corrected chi connectivity index (χ3v) is 7.82. The van der Waals surface area contributed by atoms with Crippen molar-refractivity contribution in [2.24, 2.45) is 5.92 Å². The van der Waals surface area contributed by atoms with Crippen molar-refractivity contribution in [2.75, 3.05) is 26.7 Å². The van der Waals surface area contributed by atoms with Gasteiger partial charge in [0.15, 0.2) is 0 Å². The van der Waals surface area contributed by atoms with E-state index < -0.39 is 0 Å². The van der Waals surface area contributed by atoms with E-state index in [1.165, 1.54) is 6.42 Å². The molecule has 1 amide bonds. The Hall–Kier alpha value is -2.38. The predicted molar refractivity (Wildman–Crippen MR) is 156 cm³/mol. The van der Waals surface area contributed by atoms with Gasteiger partial charge in [0, 0.05) is 34.8 Å². The van der Waals surface area contributed by atoms with Gasteiger partial charge in [0.2, 0.25) is 0 Å². The average Bonchev–Trinajstić information content (AvgIpc) is 2.91. The third-order valence-electron chi connectivity index (χ3n) is 7.10. The quantitative estimate of drug-likeness (QED) is 0.247. The van der Waals surface area contributed by atoms with Crippen LogP contribution in [-0.2, 0) is 6.54 Å². The molecule has 0 N–H and O–H groups in total. The van der Waals surface area contributed by atoms with Gasteiger partial charge in [0.1, 0.15) is 5.75 Å². The van der Waals surface area contributed by atoms with Crippen molar-refractivity contribution >= 4 is 28.5 Å². The van der Waals surface area contributed by atoms with Crippen LogP contribution in [-0.4, -0.2) is 48.5 Å². The average molecular weight is 597 g/mol. The molecule has 0 spiro atoms. The van der Waals surface area contributed by atoms with Crippen LogP contribution >= 0.6 is 22.6 Å². The van der Waals surface area contributed by atoms with E-state index in [1.807, 2.05) is 36.4 Å². The molecule has 1 aliphatic rings. The fourth-order valence-corrected chi connectivity index (χ4v) is 5.16. The Morgan fingerprint density at radius 2 is 1.53 bits per heavy atom. The van der Waals surface area contributed by atoms with E-state index in [1.54, 1.807) is 7.11 Å². The SMILES string of the molecule is COc1ccc(-c2ccc(CN(C(=O)c3ccc(I)cc3)C3CCN(CCC(C)C)CC3)cc2)cc1. The predicted octanol–water partition coefficient (Wildman–Crippen LogP) is 7.12. The fourth-order valence-electron chi connectivity index (χ4n) is 4.80. The summed E-state index contributed by atoms with van der Waals surface area (Å²) in [6, 6.07) is 25.0. The van der Waals surface area contributed by atoms with E-state index in [0.29, 0.717) is 6.54 Å². The van der Waals surface area contributed by atoms with Gasteiger partial charge in [0.25, 0.3) is 5.91 Å². The van der Waals surface area contributed by atoms with Crippen molar-refractivity contribution in [1.29, 1.82) is 0 Å². The van der Waals surface area contributed by atoms with E-state index in [4.69, 9.17) is 4.74 Å². The molecule has 190 valence electrons. The zero-order valence-corrected chi connectivity index (χ0v) is 23.8. The molecule has 0 aromatic heterocycles. The molecule has 0 unspecified atom stereocenters. The fraction of sp³-hybridized carbons (Fsp3) is 0.387. The van der Waals surface area contributed by atoms with Crippen LogP contribution in [0.5, 0.6) is 5.75 Å². The minimum absolute atomic E-state index is 0.131. The van der Waals surface area contributed by atoms with Gasteiger partial charge in [-0.2, -0.15) is 0 Å². The molecule has 3 aromatic carbocycles. The number of benzene rings is 3. The van der Waals surface area contributed by atoms with Gasteiger partial charge in [-0.25, -0.2) is 0 Å². The van der Waals surface area contributed by atoms with Crippen LogP contribution in [0.1, 0.15) is 49.0 Å². The maximum atomic E-state index is 13.7. The van der Waals surface area contributed by atoms with Crippen molar-refractivity contribution in [3.05, 3.63) is 87.5 Å². The number of nitrogens with zero attached hydrogens (tertiary/aromatic N) is 2. The summed E-state index contributed by atoms with van der Waals surface area (Å²) in [4.78, 5) is 18.4. The number of carbonyl (C=O) groups is 1. The molecule has 36 heavy (non-hydrogen) atoms. The number of likely N-dealkylation sites (tertiary alicyclic amines) is 1. The first-order valence-corrected chi connectivity index (χ1v) is 14.0. The number of piperidine rings is 1. The summed E-state index contributed by atoms with van der Waals surface area (Å²) in [7, 11) is 1.68. The van der Waals surface area contributed by atoms with Gasteiger partial charge < -0.3 is 14.5 Å². The summed E-state index contributed by atoms with van der Waals surface area (Å²) < 4.78 is 6.42. The normalized spacial score (nSPS) is 14.7. The maximum Gasteiger partial charge on any atom is 0.254 e. The van der Waals surface area contributed by atoms with Crippen molar-refractivity contribution in [3.8, 4) is 16.9 Å². The lowest BCUT2D eigenvalue weighted by molar-refractivity contribution is 0.0546. The van der Waals surface area contributed by atoms with Crippen molar-refractivity contribution < 1.29 is 9.53 Å². The highest BCUT2D eigenvalue weighted by Crippen LogP contribution is 2.26. The first kappa shape index (κ1) is 26.7. The largest absolute Gasteiger partial charge is 0.497 e. The summed E-state index contributed by atoms with van der Waals surface area (Å²) in [6.45, 7) is 8.48. The van der Waals surface area contributed by atoms with E-state index >= 15 is 0 Å². The Labute approximate surface area is 229 Å². The van der Waals surface area contributed by atoms with Gasteiger partial charge >= 0.3 is 0 Å². The van der Waals surface area contributed by atoms with Crippen LogP contribution in [0.25, 0.3) is 11.1 Å². The molecule has 3 aromatic rings. The zero-order chi connectivity index (χ0) is 25.5. The molecular formula is C31H37IN2O2. The number of halogens is 1. The lowest BCUT2D eigenvalue weighted by atomic mass is 9.99. The molecule has 0 aliphatic carbocycles. The molecule has 5 heteroatoms. The molecule has 1 heterocycles. The van der Waals surface area contributed by atoms with Crippen molar-refractivity contribution in [3.63, 3.8) is 0 Å². The minimum Gasteiger partial charge on any atom is -0.497 e.